The number of nitriles is 1. The summed E-state index contributed by atoms with van der Waals surface area (Å²) in [6.07, 6.45) is 1.35. The molecule has 4 atom stereocenters. The molecule has 0 saturated carbocycles. The van der Waals surface area contributed by atoms with Gasteiger partial charge in [-0.1, -0.05) is 62.2 Å². The number of hydrogen-bond acceptors (Lipinski definition) is 5. The number of anilines is 2. The number of nitrogens with one attached hydrogen (secondary N) is 3. The molecular weight excluding hydrogens is 605 g/mol. The van der Waals surface area contributed by atoms with Gasteiger partial charge in [-0.15, -0.1) is 0 Å². The van der Waals surface area contributed by atoms with Crippen LogP contribution in [0.1, 0.15) is 44.2 Å². The number of benzene rings is 3. The molecule has 4 unspecified atom stereocenters. The van der Waals surface area contributed by atoms with Gasteiger partial charge in [0.15, 0.2) is 0 Å². The van der Waals surface area contributed by atoms with Crippen molar-refractivity contribution in [2.24, 2.45) is 5.41 Å². The number of carbonyl (C=O) groups is 1. The van der Waals surface area contributed by atoms with Crippen LogP contribution in [0.4, 0.5) is 20.2 Å². The van der Waals surface area contributed by atoms with E-state index in [4.69, 9.17) is 23.2 Å². The summed E-state index contributed by atoms with van der Waals surface area (Å²) in [7, 11) is -3.50. The standard InChI is InChI=1S/C30H30Cl2F2N4O3S/c1-29(2,3)15-24-30(16-35,21-13-8-17(31)14-23(21)33)25(20-6-5-7-22(32)26(20)34)27(37-24)28(39)36-18-9-11-19(12-10-18)38-42(4,40)41/h5-14,24-25,27,37-38H,15H2,1-4H3,(H,36,39). The summed E-state index contributed by atoms with van der Waals surface area (Å²) in [4.78, 5) is 13.9. The van der Waals surface area contributed by atoms with Gasteiger partial charge >= 0.3 is 0 Å². The Kier molecular flexibility index (Phi) is 8.91. The summed E-state index contributed by atoms with van der Waals surface area (Å²) < 4.78 is 56.9. The van der Waals surface area contributed by atoms with E-state index in [9.17, 15) is 18.5 Å². The van der Waals surface area contributed by atoms with E-state index in [0.29, 0.717) is 17.8 Å². The van der Waals surface area contributed by atoms with E-state index >= 15 is 8.78 Å². The number of sulfonamides is 1. The molecule has 222 valence electrons. The molecule has 0 bridgehead atoms. The molecule has 0 spiro atoms. The monoisotopic (exact) mass is 634 g/mol. The second-order valence-corrected chi connectivity index (χ2v) is 14.2. The lowest BCUT2D eigenvalue weighted by molar-refractivity contribution is -0.118. The summed E-state index contributed by atoms with van der Waals surface area (Å²) in [5.41, 5.74) is -1.56. The molecule has 0 radical (unpaired) electrons. The third kappa shape index (κ3) is 6.55. The SMILES string of the molecule is CC(C)(C)CC1NC(C(=O)Nc2ccc(NS(C)(=O)=O)cc2)C(c2cccc(Cl)c2F)C1(C#N)c1ccc(Cl)cc1F. The Morgan fingerprint density at radius 2 is 1.71 bits per heavy atom. The van der Waals surface area contributed by atoms with Crippen molar-refractivity contribution in [2.75, 3.05) is 16.3 Å². The van der Waals surface area contributed by atoms with E-state index in [0.717, 1.165) is 12.3 Å². The maximum atomic E-state index is 15.8. The number of halogens is 4. The zero-order valence-corrected chi connectivity index (χ0v) is 25.6. The van der Waals surface area contributed by atoms with Gasteiger partial charge in [0.25, 0.3) is 0 Å². The predicted octanol–water partition coefficient (Wildman–Crippen LogP) is 6.60. The predicted molar refractivity (Wildman–Crippen MR) is 161 cm³/mol. The van der Waals surface area contributed by atoms with Crippen LogP contribution in [0.3, 0.4) is 0 Å². The third-order valence-electron chi connectivity index (χ3n) is 7.19. The van der Waals surface area contributed by atoms with Crippen LogP contribution >= 0.6 is 23.2 Å². The molecule has 1 saturated heterocycles. The minimum Gasteiger partial charge on any atom is -0.325 e. The number of nitrogens with zero attached hydrogens (tertiary/aromatic N) is 1. The van der Waals surface area contributed by atoms with Crippen LogP contribution in [0.2, 0.25) is 10.0 Å². The molecular formula is C30H30Cl2F2N4O3S. The first-order valence-electron chi connectivity index (χ1n) is 13.0. The maximum absolute atomic E-state index is 15.8. The van der Waals surface area contributed by atoms with E-state index in [-0.39, 0.29) is 26.6 Å². The van der Waals surface area contributed by atoms with Crippen LogP contribution in [0.5, 0.6) is 0 Å². The molecule has 1 heterocycles. The molecule has 3 aromatic rings. The fourth-order valence-electron chi connectivity index (χ4n) is 5.61. The molecule has 1 aliphatic rings. The van der Waals surface area contributed by atoms with E-state index in [1.165, 1.54) is 54.6 Å². The number of hydrogen-bond donors (Lipinski definition) is 3. The molecule has 4 rings (SSSR count). The lowest BCUT2D eigenvalue weighted by Crippen LogP contribution is -2.45. The largest absolute Gasteiger partial charge is 0.325 e. The van der Waals surface area contributed by atoms with Gasteiger partial charge in [0.1, 0.15) is 17.0 Å². The molecule has 0 aromatic heterocycles. The molecule has 1 fully saturated rings. The molecule has 3 aromatic carbocycles. The van der Waals surface area contributed by atoms with Gasteiger partial charge < -0.3 is 10.6 Å². The van der Waals surface area contributed by atoms with E-state index in [1.807, 2.05) is 20.8 Å². The van der Waals surface area contributed by atoms with E-state index < -0.39 is 51.0 Å². The Balaban J connectivity index is 1.87. The van der Waals surface area contributed by atoms with Crippen LogP contribution in [-0.2, 0) is 20.2 Å². The minimum atomic E-state index is -3.50. The quantitative estimate of drug-likeness (QED) is 0.271. The highest BCUT2D eigenvalue weighted by Crippen LogP contribution is 2.52. The minimum absolute atomic E-state index is 0.0184. The highest BCUT2D eigenvalue weighted by Gasteiger charge is 2.61. The Hall–Kier alpha value is -3.23. The fraction of sp³-hybridized carbons (Fsp3) is 0.333. The van der Waals surface area contributed by atoms with Crippen LogP contribution < -0.4 is 15.4 Å². The molecule has 1 amide bonds. The van der Waals surface area contributed by atoms with Gasteiger partial charge in [-0.25, -0.2) is 17.2 Å². The summed E-state index contributed by atoms with van der Waals surface area (Å²) in [5.74, 6) is -3.39. The summed E-state index contributed by atoms with van der Waals surface area (Å²) in [6.45, 7) is 5.84. The van der Waals surface area contributed by atoms with Crippen LogP contribution in [0, 0.1) is 28.4 Å². The Bertz CT molecular complexity index is 1660. The smallest absolute Gasteiger partial charge is 0.242 e. The average molecular weight is 636 g/mol. The van der Waals surface area contributed by atoms with Crippen molar-refractivity contribution in [1.82, 2.24) is 5.32 Å². The number of amides is 1. The molecule has 0 aliphatic carbocycles. The highest BCUT2D eigenvalue weighted by atomic mass is 35.5. The molecule has 1 aliphatic heterocycles. The Morgan fingerprint density at radius 1 is 1.07 bits per heavy atom. The zero-order valence-electron chi connectivity index (χ0n) is 23.3. The van der Waals surface area contributed by atoms with Gasteiger partial charge in [0.2, 0.25) is 15.9 Å². The van der Waals surface area contributed by atoms with Crippen molar-refractivity contribution in [1.29, 1.82) is 5.26 Å². The topological polar surface area (TPSA) is 111 Å². The maximum Gasteiger partial charge on any atom is 0.242 e. The van der Waals surface area contributed by atoms with E-state index in [1.54, 1.807) is 0 Å². The number of carbonyl (C=O) groups excluding carboxylic acids is 1. The number of rotatable bonds is 7. The third-order valence-corrected chi connectivity index (χ3v) is 8.32. The first kappa shape index (κ1) is 31.7. The molecule has 42 heavy (non-hydrogen) atoms. The summed E-state index contributed by atoms with van der Waals surface area (Å²) >= 11 is 12.2. The second-order valence-electron chi connectivity index (χ2n) is 11.6. The van der Waals surface area contributed by atoms with Gasteiger partial charge in [0, 0.05) is 33.9 Å². The van der Waals surface area contributed by atoms with Crippen molar-refractivity contribution in [3.05, 3.63) is 93.5 Å². The lowest BCUT2D eigenvalue weighted by atomic mass is 9.62. The van der Waals surface area contributed by atoms with Crippen molar-refractivity contribution in [3.8, 4) is 6.07 Å². The van der Waals surface area contributed by atoms with Gasteiger partial charge in [-0.05, 0) is 59.9 Å². The fourth-order valence-corrected chi connectivity index (χ4v) is 6.52. The normalized spacial score (nSPS) is 22.4. The molecule has 12 heteroatoms. The van der Waals surface area contributed by atoms with Crippen molar-refractivity contribution in [3.63, 3.8) is 0 Å². The van der Waals surface area contributed by atoms with Crippen molar-refractivity contribution >= 4 is 50.5 Å². The second kappa shape index (κ2) is 11.8. The van der Waals surface area contributed by atoms with Crippen molar-refractivity contribution < 1.29 is 22.0 Å². The molecule has 7 nitrogen and oxygen atoms in total. The van der Waals surface area contributed by atoms with Crippen molar-refractivity contribution in [2.45, 2.75) is 50.6 Å². The first-order valence-corrected chi connectivity index (χ1v) is 15.7. The van der Waals surface area contributed by atoms with Crippen LogP contribution in [0.15, 0.2) is 60.7 Å². The van der Waals surface area contributed by atoms with Gasteiger partial charge in [-0.2, -0.15) is 5.26 Å². The van der Waals surface area contributed by atoms with E-state index in [2.05, 4.69) is 21.4 Å². The summed E-state index contributed by atoms with van der Waals surface area (Å²) in [5, 5.41) is 16.8. The Morgan fingerprint density at radius 3 is 2.29 bits per heavy atom. The van der Waals surface area contributed by atoms with Crippen LogP contribution in [-0.4, -0.2) is 32.7 Å². The average Bonchev–Trinajstić information content (AvgIpc) is 3.19. The van der Waals surface area contributed by atoms with Gasteiger partial charge in [0.05, 0.1) is 23.4 Å². The highest BCUT2D eigenvalue weighted by molar-refractivity contribution is 7.92. The Labute approximate surface area is 254 Å². The lowest BCUT2D eigenvalue weighted by Gasteiger charge is -2.37. The first-order chi connectivity index (χ1) is 19.6. The van der Waals surface area contributed by atoms with Gasteiger partial charge in [-0.3, -0.25) is 9.52 Å². The summed E-state index contributed by atoms with van der Waals surface area (Å²) in [6, 6.07) is 14.5. The van der Waals surface area contributed by atoms with Crippen LogP contribution in [0.25, 0.3) is 0 Å². The molecule has 3 N–H and O–H groups in total. The zero-order chi connectivity index (χ0) is 31.0.